The fourth-order valence-electron chi connectivity index (χ4n) is 3.38. The average Bonchev–Trinajstić information content (AvgIpc) is 3.11. The Morgan fingerprint density at radius 3 is 2.96 bits per heavy atom. The highest BCUT2D eigenvalue weighted by Gasteiger charge is 2.29. The molecule has 0 bridgehead atoms. The molecular weight excluding hydrogens is 348 g/mol. The number of nitrogen functional groups attached to an aromatic ring is 1. The van der Waals surface area contributed by atoms with Crippen molar-refractivity contribution in [2.45, 2.75) is 25.4 Å². The highest BCUT2D eigenvalue weighted by molar-refractivity contribution is 5.67. The molecule has 0 radical (unpaired) electrons. The van der Waals surface area contributed by atoms with Crippen molar-refractivity contribution in [3.63, 3.8) is 0 Å². The maximum atomic E-state index is 12.4. The van der Waals surface area contributed by atoms with Crippen LogP contribution in [-0.4, -0.2) is 43.7 Å². The smallest absolute Gasteiger partial charge is 0.410 e. The number of benzene rings is 1. The summed E-state index contributed by atoms with van der Waals surface area (Å²) in [6.45, 7) is 1.32. The Morgan fingerprint density at radius 2 is 2.15 bits per heavy atom. The van der Waals surface area contributed by atoms with Crippen molar-refractivity contribution in [3.8, 4) is 0 Å². The molecule has 1 aliphatic rings. The van der Waals surface area contributed by atoms with Crippen LogP contribution < -0.4 is 11.3 Å². The van der Waals surface area contributed by atoms with E-state index in [0.29, 0.717) is 24.4 Å². The van der Waals surface area contributed by atoms with Crippen LogP contribution in [0.5, 0.6) is 0 Å². The van der Waals surface area contributed by atoms with Crippen molar-refractivity contribution in [1.29, 1.82) is 0 Å². The fraction of sp³-hybridized carbons (Fsp3) is 0.333. The Morgan fingerprint density at radius 1 is 1.33 bits per heavy atom. The van der Waals surface area contributed by atoms with Crippen LogP contribution in [0, 0.1) is 0 Å². The van der Waals surface area contributed by atoms with Gasteiger partial charge in [-0.05, 0) is 18.4 Å². The monoisotopic (exact) mass is 368 g/mol. The number of aromatic nitrogens is 4. The molecule has 2 aromatic heterocycles. The van der Waals surface area contributed by atoms with E-state index in [-0.39, 0.29) is 30.1 Å². The number of hydrogen-bond acceptors (Lipinski definition) is 6. The molecule has 1 amide bonds. The number of anilines is 1. The molecule has 140 valence electrons. The quantitative estimate of drug-likeness (QED) is 0.723. The Balaban J connectivity index is 1.48. The number of carbonyl (C=O) groups excluding carboxylic acids is 1. The van der Waals surface area contributed by atoms with Crippen molar-refractivity contribution < 1.29 is 9.53 Å². The summed E-state index contributed by atoms with van der Waals surface area (Å²) >= 11 is 0. The van der Waals surface area contributed by atoms with E-state index in [1.807, 2.05) is 30.3 Å². The van der Waals surface area contributed by atoms with E-state index in [1.54, 1.807) is 4.90 Å². The normalized spacial score (nSPS) is 17.2. The second-order valence-corrected chi connectivity index (χ2v) is 6.58. The summed E-state index contributed by atoms with van der Waals surface area (Å²) in [5.41, 5.74) is 6.59. The van der Waals surface area contributed by atoms with Gasteiger partial charge in [-0.3, -0.25) is 9.78 Å². The number of amides is 1. The largest absolute Gasteiger partial charge is 0.445 e. The number of nitrogens with two attached hydrogens (primary N) is 1. The summed E-state index contributed by atoms with van der Waals surface area (Å²) in [4.78, 5) is 32.9. The number of rotatable bonds is 3. The molecule has 3 N–H and O–H groups in total. The first-order valence-corrected chi connectivity index (χ1v) is 8.81. The molecular formula is C18H20N6O3. The van der Waals surface area contributed by atoms with Gasteiger partial charge in [-0.15, -0.1) is 5.10 Å². The fourth-order valence-corrected chi connectivity index (χ4v) is 3.38. The lowest BCUT2D eigenvalue weighted by Gasteiger charge is -2.31. The summed E-state index contributed by atoms with van der Waals surface area (Å²) in [5.74, 6) is 0.615. The minimum Gasteiger partial charge on any atom is -0.445 e. The second kappa shape index (κ2) is 7.10. The van der Waals surface area contributed by atoms with Crippen molar-refractivity contribution >= 4 is 17.6 Å². The van der Waals surface area contributed by atoms with Gasteiger partial charge in [-0.2, -0.15) is 0 Å². The Labute approximate surface area is 154 Å². The van der Waals surface area contributed by atoms with Gasteiger partial charge in [0.25, 0.3) is 5.56 Å². The molecule has 1 saturated heterocycles. The topological polar surface area (TPSA) is 119 Å². The highest BCUT2D eigenvalue weighted by Crippen LogP contribution is 2.26. The lowest BCUT2D eigenvalue weighted by Crippen LogP contribution is -2.40. The molecule has 9 heteroatoms. The molecule has 27 heavy (non-hydrogen) atoms. The lowest BCUT2D eigenvalue weighted by atomic mass is 9.98. The first-order chi connectivity index (χ1) is 13.1. The second-order valence-electron chi connectivity index (χ2n) is 6.58. The molecule has 4 rings (SSSR count). The third kappa shape index (κ3) is 3.48. The number of fused-ring (bicyclic) bond motifs is 1. The molecule has 3 aromatic rings. The van der Waals surface area contributed by atoms with Crippen LogP contribution in [0.4, 0.5) is 10.7 Å². The molecule has 0 unspecified atom stereocenters. The number of likely N-dealkylation sites (tertiary alicyclic amines) is 1. The van der Waals surface area contributed by atoms with Crippen molar-refractivity contribution in [3.05, 3.63) is 58.3 Å². The summed E-state index contributed by atoms with van der Waals surface area (Å²) < 4.78 is 6.90. The minimum absolute atomic E-state index is 0.0293. The third-order valence-corrected chi connectivity index (χ3v) is 4.70. The molecule has 1 aromatic carbocycles. The number of carbonyl (C=O) groups is 1. The molecule has 3 heterocycles. The number of nitrogens with zero attached hydrogens (tertiary/aromatic N) is 4. The zero-order valence-electron chi connectivity index (χ0n) is 14.7. The van der Waals surface area contributed by atoms with E-state index < -0.39 is 0 Å². The predicted octanol–water partition coefficient (Wildman–Crippen LogP) is 1.52. The van der Waals surface area contributed by atoms with Crippen molar-refractivity contribution in [2.75, 3.05) is 18.8 Å². The lowest BCUT2D eigenvalue weighted by molar-refractivity contribution is 0.0852. The summed E-state index contributed by atoms with van der Waals surface area (Å²) in [5, 5.41) is 4.16. The number of imidazole rings is 1. The average molecular weight is 368 g/mol. The SMILES string of the molecule is Nc1nn2c([C@@H]3CCCN(C(=O)OCc4ccccc4)C3)ncc2c(=O)[nH]1. The highest BCUT2D eigenvalue weighted by atomic mass is 16.6. The number of piperidine rings is 1. The van der Waals surface area contributed by atoms with Gasteiger partial charge in [0.15, 0.2) is 5.52 Å². The van der Waals surface area contributed by atoms with Gasteiger partial charge in [0, 0.05) is 19.0 Å². The Bertz CT molecular complexity index is 1010. The van der Waals surface area contributed by atoms with Gasteiger partial charge in [0.2, 0.25) is 5.95 Å². The van der Waals surface area contributed by atoms with Crippen LogP contribution in [-0.2, 0) is 11.3 Å². The van der Waals surface area contributed by atoms with Crippen LogP contribution in [0.3, 0.4) is 0 Å². The van der Waals surface area contributed by atoms with E-state index in [2.05, 4.69) is 15.1 Å². The van der Waals surface area contributed by atoms with E-state index in [1.165, 1.54) is 10.7 Å². The summed E-state index contributed by atoms with van der Waals surface area (Å²) in [6, 6.07) is 9.56. The van der Waals surface area contributed by atoms with Crippen LogP contribution in [0.25, 0.3) is 5.52 Å². The molecule has 1 fully saturated rings. The van der Waals surface area contributed by atoms with Crippen LogP contribution in [0.2, 0.25) is 0 Å². The zero-order valence-corrected chi connectivity index (χ0v) is 14.7. The van der Waals surface area contributed by atoms with Gasteiger partial charge < -0.3 is 15.4 Å². The van der Waals surface area contributed by atoms with Gasteiger partial charge in [-0.1, -0.05) is 30.3 Å². The maximum absolute atomic E-state index is 12.4. The molecule has 1 aliphatic heterocycles. The van der Waals surface area contributed by atoms with Crippen LogP contribution >= 0.6 is 0 Å². The minimum atomic E-state index is -0.352. The molecule has 9 nitrogen and oxygen atoms in total. The van der Waals surface area contributed by atoms with Crippen molar-refractivity contribution in [1.82, 2.24) is 24.5 Å². The maximum Gasteiger partial charge on any atom is 0.410 e. The standard InChI is InChI=1S/C18H20N6O3/c19-17-21-16(25)14-9-20-15(24(14)22-17)13-7-4-8-23(10-13)18(26)27-11-12-5-2-1-3-6-12/h1-3,5-6,9,13H,4,7-8,10-11H2,(H3,19,21,22,25)/t13-/m1/s1. The Kier molecular flexibility index (Phi) is 4.49. The van der Waals surface area contributed by atoms with Crippen LogP contribution in [0.1, 0.15) is 30.1 Å². The number of nitrogens with one attached hydrogen (secondary N) is 1. The summed E-state index contributed by atoms with van der Waals surface area (Å²) in [7, 11) is 0. The van der Waals surface area contributed by atoms with Crippen molar-refractivity contribution in [2.24, 2.45) is 0 Å². The molecule has 0 spiro atoms. The Hall–Kier alpha value is -3.36. The van der Waals surface area contributed by atoms with Gasteiger partial charge in [-0.25, -0.2) is 14.3 Å². The van der Waals surface area contributed by atoms with E-state index in [4.69, 9.17) is 10.5 Å². The van der Waals surface area contributed by atoms with E-state index in [0.717, 1.165) is 18.4 Å². The third-order valence-electron chi connectivity index (χ3n) is 4.70. The van der Waals surface area contributed by atoms with Gasteiger partial charge in [0.1, 0.15) is 12.4 Å². The predicted molar refractivity (Wildman–Crippen MR) is 98.2 cm³/mol. The number of aromatic amines is 1. The molecule has 0 saturated carbocycles. The van der Waals surface area contributed by atoms with E-state index in [9.17, 15) is 9.59 Å². The zero-order chi connectivity index (χ0) is 18.8. The molecule has 1 atom stereocenters. The van der Waals surface area contributed by atoms with E-state index >= 15 is 0 Å². The number of ether oxygens (including phenoxy) is 1. The molecule has 0 aliphatic carbocycles. The number of H-pyrrole nitrogens is 1. The number of hydrogen-bond donors (Lipinski definition) is 2. The first kappa shape index (κ1) is 17.1. The van der Waals surface area contributed by atoms with Gasteiger partial charge in [0.05, 0.1) is 6.20 Å². The van der Waals surface area contributed by atoms with Gasteiger partial charge >= 0.3 is 6.09 Å². The van der Waals surface area contributed by atoms with Crippen LogP contribution in [0.15, 0.2) is 41.3 Å². The summed E-state index contributed by atoms with van der Waals surface area (Å²) in [6.07, 6.45) is 2.79. The first-order valence-electron chi connectivity index (χ1n) is 8.81.